The van der Waals surface area contributed by atoms with Crippen LogP contribution in [0.4, 0.5) is 0 Å². The van der Waals surface area contributed by atoms with Gasteiger partial charge in [0.15, 0.2) is 0 Å². The monoisotopic (exact) mass is 261 g/mol. The second-order valence-corrected chi connectivity index (χ2v) is 5.19. The van der Waals surface area contributed by atoms with E-state index in [0.29, 0.717) is 11.9 Å². The molecule has 0 aliphatic carbocycles. The van der Waals surface area contributed by atoms with Gasteiger partial charge in [-0.05, 0) is 39.9 Å². The fourth-order valence-corrected chi connectivity index (χ4v) is 2.65. The van der Waals surface area contributed by atoms with Crippen molar-refractivity contribution in [1.82, 2.24) is 15.1 Å². The second kappa shape index (κ2) is 6.57. The van der Waals surface area contributed by atoms with Crippen LogP contribution in [0.3, 0.4) is 0 Å². The van der Waals surface area contributed by atoms with Gasteiger partial charge in [-0.15, -0.1) is 12.4 Å². The standard InChI is InChI=1S/C12H23N3O.ClH/c1-14(2)10-6-8-15(9-10)12(16)11-5-3-4-7-13-11;/h10-11,13H,3-9H2,1-2H3;1H. The molecule has 2 aliphatic rings. The van der Waals surface area contributed by atoms with Gasteiger partial charge in [0.1, 0.15) is 0 Å². The maximum absolute atomic E-state index is 12.2. The molecule has 4 nitrogen and oxygen atoms in total. The summed E-state index contributed by atoms with van der Waals surface area (Å²) >= 11 is 0. The Morgan fingerprint density at radius 3 is 2.59 bits per heavy atom. The number of amides is 1. The lowest BCUT2D eigenvalue weighted by Crippen LogP contribution is -2.48. The zero-order valence-electron chi connectivity index (χ0n) is 10.8. The summed E-state index contributed by atoms with van der Waals surface area (Å²) in [6, 6.07) is 0.641. The van der Waals surface area contributed by atoms with Gasteiger partial charge >= 0.3 is 0 Å². The lowest BCUT2D eigenvalue weighted by Gasteiger charge is -2.28. The first kappa shape index (κ1) is 14.7. The van der Waals surface area contributed by atoms with Gasteiger partial charge in [0.2, 0.25) is 5.91 Å². The van der Waals surface area contributed by atoms with Crippen molar-refractivity contribution in [3.05, 3.63) is 0 Å². The van der Waals surface area contributed by atoms with E-state index in [-0.39, 0.29) is 18.4 Å². The molecule has 2 heterocycles. The molecule has 2 fully saturated rings. The minimum absolute atomic E-state index is 0. The summed E-state index contributed by atoms with van der Waals surface area (Å²) in [4.78, 5) is 16.5. The zero-order chi connectivity index (χ0) is 11.5. The molecule has 2 aliphatic heterocycles. The average molecular weight is 262 g/mol. The number of likely N-dealkylation sites (N-methyl/N-ethyl adjacent to an activating group) is 1. The molecular formula is C12H24ClN3O. The van der Waals surface area contributed by atoms with Crippen molar-refractivity contribution in [1.29, 1.82) is 0 Å². The SMILES string of the molecule is CN(C)C1CCN(C(=O)C2CCCCN2)C1.Cl. The van der Waals surface area contributed by atoms with Gasteiger partial charge < -0.3 is 15.1 Å². The van der Waals surface area contributed by atoms with Crippen LogP contribution in [0.25, 0.3) is 0 Å². The van der Waals surface area contributed by atoms with Gasteiger partial charge in [-0.1, -0.05) is 6.42 Å². The molecule has 0 saturated carbocycles. The van der Waals surface area contributed by atoms with E-state index in [1.165, 1.54) is 12.8 Å². The number of rotatable bonds is 2. The van der Waals surface area contributed by atoms with E-state index in [2.05, 4.69) is 24.3 Å². The Hall–Kier alpha value is -0.320. The molecule has 5 heteroatoms. The molecule has 1 N–H and O–H groups in total. The van der Waals surface area contributed by atoms with E-state index < -0.39 is 0 Å². The van der Waals surface area contributed by atoms with Crippen LogP contribution < -0.4 is 5.32 Å². The molecule has 0 aromatic heterocycles. The van der Waals surface area contributed by atoms with Crippen molar-refractivity contribution < 1.29 is 4.79 Å². The summed E-state index contributed by atoms with van der Waals surface area (Å²) in [5.41, 5.74) is 0. The Kier molecular flexibility index (Phi) is 5.70. The predicted molar refractivity (Wildman–Crippen MR) is 71.6 cm³/mol. The number of likely N-dealkylation sites (tertiary alicyclic amines) is 1. The number of hydrogen-bond acceptors (Lipinski definition) is 3. The molecule has 2 unspecified atom stereocenters. The van der Waals surface area contributed by atoms with Crippen LogP contribution in [0.5, 0.6) is 0 Å². The van der Waals surface area contributed by atoms with Crippen LogP contribution in [-0.4, -0.2) is 61.5 Å². The highest BCUT2D eigenvalue weighted by Gasteiger charge is 2.31. The van der Waals surface area contributed by atoms with Crippen LogP contribution in [0.15, 0.2) is 0 Å². The molecule has 100 valence electrons. The number of halogens is 1. The summed E-state index contributed by atoms with van der Waals surface area (Å²) in [6.07, 6.45) is 4.53. The molecule has 17 heavy (non-hydrogen) atoms. The maximum atomic E-state index is 12.2. The largest absolute Gasteiger partial charge is 0.340 e. The van der Waals surface area contributed by atoms with E-state index in [0.717, 1.165) is 32.5 Å². The first-order chi connectivity index (χ1) is 7.68. The van der Waals surface area contributed by atoms with Gasteiger partial charge in [0.25, 0.3) is 0 Å². The molecule has 2 saturated heterocycles. The summed E-state index contributed by atoms with van der Waals surface area (Å²) in [7, 11) is 4.19. The number of carbonyl (C=O) groups excluding carboxylic acids is 1. The summed E-state index contributed by atoms with van der Waals surface area (Å²) < 4.78 is 0. The van der Waals surface area contributed by atoms with Crippen molar-refractivity contribution in [2.24, 2.45) is 0 Å². The van der Waals surface area contributed by atoms with Crippen molar-refractivity contribution >= 4 is 18.3 Å². The first-order valence-electron chi connectivity index (χ1n) is 6.37. The molecule has 0 radical (unpaired) electrons. The third-order valence-electron chi connectivity index (χ3n) is 3.81. The van der Waals surface area contributed by atoms with Crippen LogP contribution in [0, 0.1) is 0 Å². The molecule has 0 spiro atoms. The third kappa shape index (κ3) is 3.57. The average Bonchev–Trinajstić information content (AvgIpc) is 2.78. The van der Waals surface area contributed by atoms with Crippen LogP contribution in [-0.2, 0) is 4.79 Å². The van der Waals surface area contributed by atoms with E-state index in [4.69, 9.17) is 0 Å². The van der Waals surface area contributed by atoms with Crippen molar-refractivity contribution in [2.45, 2.75) is 37.8 Å². The van der Waals surface area contributed by atoms with E-state index >= 15 is 0 Å². The molecular weight excluding hydrogens is 238 g/mol. The normalized spacial score (nSPS) is 29.2. The molecule has 0 aromatic carbocycles. The predicted octanol–water partition coefficient (Wildman–Crippen LogP) is 0.713. The van der Waals surface area contributed by atoms with E-state index in [1.807, 2.05) is 4.90 Å². The van der Waals surface area contributed by atoms with E-state index in [1.54, 1.807) is 0 Å². The van der Waals surface area contributed by atoms with Crippen molar-refractivity contribution in [2.75, 3.05) is 33.7 Å². The zero-order valence-corrected chi connectivity index (χ0v) is 11.6. The third-order valence-corrected chi connectivity index (χ3v) is 3.81. The van der Waals surface area contributed by atoms with Crippen LogP contribution >= 0.6 is 12.4 Å². The second-order valence-electron chi connectivity index (χ2n) is 5.19. The van der Waals surface area contributed by atoms with Gasteiger partial charge in [-0.25, -0.2) is 0 Å². The molecule has 2 rings (SSSR count). The Labute approximate surface area is 110 Å². The van der Waals surface area contributed by atoms with Gasteiger partial charge in [-0.2, -0.15) is 0 Å². The van der Waals surface area contributed by atoms with E-state index in [9.17, 15) is 4.79 Å². The lowest BCUT2D eigenvalue weighted by molar-refractivity contribution is -0.133. The highest BCUT2D eigenvalue weighted by atomic mass is 35.5. The topological polar surface area (TPSA) is 35.6 Å². The minimum atomic E-state index is 0. The van der Waals surface area contributed by atoms with Gasteiger partial charge in [0, 0.05) is 19.1 Å². The summed E-state index contributed by atoms with van der Waals surface area (Å²) in [5.74, 6) is 0.323. The molecule has 2 atom stereocenters. The number of carbonyl (C=O) groups is 1. The highest BCUT2D eigenvalue weighted by Crippen LogP contribution is 2.17. The Morgan fingerprint density at radius 1 is 1.29 bits per heavy atom. The lowest BCUT2D eigenvalue weighted by atomic mass is 10.0. The summed E-state index contributed by atoms with van der Waals surface area (Å²) in [5, 5.41) is 3.33. The number of hydrogen-bond donors (Lipinski definition) is 1. The fraction of sp³-hybridized carbons (Fsp3) is 0.917. The smallest absolute Gasteiger partial charge is 0.239 e. The van der Waals surface area contributed by atoms with Crippen molar-refractivity contribution in [3.8, 4) is 0 Å². The van der Waals surface area contributed by atoms with Crippen molar-refractivity contribution in [3.63, 3.8) is 0 Å². The molecule has 1 amide bonds. The van der Waals surface area contributed by atoms with Crippen LogP contribution in [0.1, 0.15) is 25.7 Å². The Bertz CT molecular complexity index is 254. The number of nitrogens with zero attached hydrogens (tertiary/aromatic N) is 2. The minimum Gasteiger partial charge on any atom is -0.340 e. The number of nitrogens with one attached hydrogen (secondary N) is 1. The van der Waals surface area contributed by atoms with Gasteiger partial charge in [0.05, 0.1) is 6.04 Å². The highest BCUT2D eigenvalue weighted by molar-refractivity contribution is 5.85. The van der Waals surface area contributed by atoms with Gasteiger partial charge in [-0.3, -0.25) is 4.79 Å². The fourth-order valence-electron chi connectivity index (χ4n) is 2.65. The first-order valence-corrected chi connectivity index (χ1v) is 6.37. The number of piperidine rings is 1. The maximum Gasteiger partial charge on any atom is 0.239 e. The molecule has 0 aromatic rings. The Balaban J connectivity index is 0.00000144. The quantitative estimate of drug-likeness (QED) is 0.796. The summed E-state index contributed by atoms with van der Waals surface area (Å²) in [6.45, 7) is 2.84. The Morgan fingerprint density at radius 2 is 2.06 bits per heavy atom. The van der Waals surface area contributed by atoms with Crippen LogP contribution in [0.2, 0.25) is 0 Å². The molecule has 0 bridgehead atoms.